The van der Waals surface area contributed by atoms with E-state index in [1.165, 1.54) is 14.2 Å². The van der Waals surface area contributed by atoms with E-state index in [0.29, 0.717) is 12.2 Å². The second-order valence-corrected chi connectivity index (χ2v) is 3.89. The number of rotatable bonds is 4. The largest absolute Gasteiger partial charge is 0.493 e. The van der Waals surface area contributed by atoms with E-state index in [1.54, 1.807) is 18.2 Å². The summed E-state index contributed by atoms with van der Waals surface area (Å²) in [6, 6.07) is 4.86. The maximum atomic E-state index is 12.0. The number of para-hydroxylation sites is 1. The molecule has 1 aliphatic rings. The van der Waals surface area contributed by atoms with Crippen LogP contribution in [-0.4, -0.2) is 38.9 Å². The van der Waals surface area contributed by atoms with Gasteiger partial charge in [-0.2, -0.15) is 0 Å². The van der Waals surface area contributed by atoms with Crippen molar-refractivity contribution < 1.29 is 28.5 Å². The summed E-state index contributed by atoms with van der Waals surface area (Å²) >= 11 is 0. The molecule has 6 nitrogen and oxygen atoms in total. The Morgan fingerprint density at radius 3 is 2.68 bits per heavy atom. The van der Waals surface area contributed by atoms with Crippen LogP contribution in [0.15, 0.2) is 18.2 Å². The summed E-state index contributed by atoms with van der Waals surface area (Å²) in [6.45, 7) is 0.270. The second kappa shape index (κ2) is 5.60. The summed E-state index contributed by atoms with van der Waals surface area (Å²) in [5.74, 6) is -0.456. The van der Waals surface area contributed by atoms with Gasteiger partial charge in [-0.15, -0.1) is 0 Å². The number of benzene rings is 1. The Balaban J connectivity index is 2.21. The van der Waals surface area contributed by atoms with Gasteiger partial charge in [-0.3, -0.25) is 0 Å². The maximum Gasteiger partial charge on any atom is 0.347 e. The molecule has 0 unspecified atom stereocenters. The minimum absolute atomic E-state index is 0.210. The number of carbonyl (C=O) groups is 2. The SMILES string of the molecule is COc1cccc(C(=O)O[C@@H]2CCOC2=O)c1OC. The van der Waals surface area contributed by atoms with Crippen LogP contribution in [0, 0.1) is 0 Å². The molecule has 0 aliphatic carbocycles. The molecule has 2 rings (SSSR count). The van der Waals surface area contributed by atoms with Gasteiger partial charge in [0.05, 0.1) is 20.8 Å². The van der Waals surface area contributed by atoms with Crippen molar-refractivity contribution in [3.63, 3.8) is 0 Å². The molecule has 0 aromatic heterocycles. The molecule has 1 fully saturated rings. The fraction of sp³-hybridized carbons (Fsp3) is 0.385. The first kappa shape index (κ1) is 13.2. The molecule has 1 aromatic rings. The standard InChI is InChI=1S/C13H14O6/c1-16-9-5-3-4-8(11(9)17-2)12(14)19-10-6-7-18-13(10)15/h3-5,10H,6-7H2,1-2H3/t10-/m1/s1. The summed E-state index contributed by atoms with van der Waals surface area (Å²) in [5.41, 5.74) is 0.210. The highest BCUT2D eigenvalue weighted by molar-refractivity contribution is 5.95. The van der Waals surface area contributed by atoms with Gasteiger partial charge in [0.25, 0.3) is 0 Å². The van der Waals surface area contributed by atoms with E-state index in [-0.39, 0.29) is 17.9 Å². The molecule has 0 N–H and O–H groups in total. The van der Waals surface area contributed by atoms with Gasteiger partial charge < -0.3 is 18.9 Å². The van der Waals surface area contributed by atoms with E-state index in [4.69, 9.17) is 18.9 Å². The van der Waals surface area contributed by atoms with Crippen LogP contribution < -0.4 is 9.47 Å². The zero-order chi connectivity index (χ0) is 13.8. The smallest absolute Gasteiger partial charge is 0.347 e. The van der Waals surface area contributed by atoms with Crippen molar-refractivity contribution in [2.24, 2.45) is 0 Å². The molecule has 1 aromatic carbocycles. The summed E-state index contributed by atoms with van der Waals surface area (Å²) in [4.78, 5) is 23.3. The molecule has 0 spiro atoms. The molecule has 102 valence electrons. The lowest BCUT2D eigenvalue weighted by Crippen LogP contribution is -2.23. The maximum absolute atomic E-state index is 12.0. The van der Waals surface area contributed by atoms with Gasteiger partial charge in [0, 0.05) is 6.42 Å². The minimum atomic E-state index is -0.844. The summed E-state index contributed by atoms with van der Waals surface area (Å²) in [5, 5.41) is 0. The van der Waals surface area contributed by atoms with Gasteiger partial charge in [-0.1, -0.05) is 6.07 Å². The Hall–Kier alpha value is -2.24. The Labute approximate surface area is 110 Å². The second-order valence-electron chi connectivity index (χ2n) is 3.89. The van der Waals surface area contributed by atoms with Gasteiger partial charge in [0.15, 0.2) is 11.5 Å². The third-order valence-corrected chi connectivity index (χ3v) is 2.76. The van der Waals surface area contributed by atoms with E-state index in [1.807, 2.05) is 0 Å². The third kappa shape index (κ3) is 2.62. The van der Waals surface area contributed by atoms with Crippen molar-refractivity contribution in [1.29, 1.82) is 0 Å². The lowest BCUT2D eigenvalue weighted by atomic mass is 10.2. The number of hydrogen-bond acceptors (Lipinski definition) is 6. The highest BCUT2D eigenvalue weighted by atomic mass is 16.6. The molecule has 0 saturated carbocycles. The molecule has 19 heavy (non-hydrogen) atoms. The zero-order valence-corrected chi connectivity index (χ0v) is 10.7. The average Bonchev–Trinajstić information content (AvgIpc) is 2.83. The van der Waals surface area contributed by atoms with Crippen molar-refractivity contribution in [2.75, 3.05) is 20.8 Å². The van der Waals surface area contributed by atoms with Crippen molar-refractivity contribution in [3.05, 3.63) is 23.8 Å². The number of esters is 2. The zero-order valence-electron chi connectivity index (χ0n) is 10.7. The number of hydrogen-bond donors (Lipinski definition) is 0. The fourth-order valence-electron chi connectivity index (χ4n) is 1.82. The molecular formula is C13H14O6. The first-order chi connectivity index (χ1) is 9.17. The monoisotopic (exact) mass is 266 g/mol. The van der Waals surface area contributed by atoms with E-state index < -0.39 is 18.0 Å². The predicted molar refractivity (Wildman–Crippen MR) is 64.3 cm³/mol. The molecule has 1 aliphatic heterocycles. The topological polar surface area (TPSA) is 71.1 Å². The van der Waals surface area contributed by atoms with E-state index >= 15 is 0 Å². The Bertz CT molecular complexity index is 496. The minimum Gasteiger partial charge on any atom is -0.493 e. The molecular weight excluding hydrogens is 252 g/mol. The van der Waals surface area contributed by atoms with Crippen LogP contribution in [0.3, 0.4) is 0 Å². The van der Waals surface area contributed by atoms with Gasteiger partial charge in [0.2, 0.25) is 6.10 Å². The average molecular weight is 266 g/mol. The van der Waals surface area contributed by atoms with Crippen LogP contribution >= 0.6 is 0 Å². The number of methoxy groups -OCH3 is 2. The van der Waals surface area contributed by atoms with Crippen LogP contribution in [0.2, 0.25) is 0 Å². The predicted octanol–water partition coefficient (Wildman–Crippen LogP) is 1.18. The molecule has 6 heteroatoms. The molecule has 0 radical (unpaired) electrons. The summed E-state index contributed by atoms with van der Waals surface area (Å²) in [6.07, 6.45) is -0.472. The van der Waals surface area contributed by atoms with Crippen LogP contribution in [0.1, 0.15) is 16.8 Å². The first-order valence-corrected chi connectivity index (χ1v) is 5.76. The van der Waals surface area contributed by atoms with Gasteiger partial charge >= 0.3 is 11.9 Å². The molecule has 0 amide bonds. The van der Waals surface area contributed by atoms with Gasteiger partial charge in [-0.25, -0.2) is 9.59 Å². The van der Waals surface area contributed by atoms with Crippen LogP contribution in [0.4, 0.5) is 0 Å². The van der Waals surface area contributed by atoms with Crippen molar-refractivity contribution in [1.82, 2.24) is 0 Å². The summed E-state index contributed by atoms with van der Waals surface area (Å²) in [7, 11) is 2.90. The van der Waals surface area contributed by atoms with E-state index in [0.717, 1.165) is 0 Å². The normalized spacial score (nSPS) is 17.8. The highest BCUT2D eigenvalue weighted by Gasteiger charge is 2.31. The van der Waals surface area contributed by atoms with E-state index in [2.05, 4.69) is 0 Å². The lowest BCUT2D eigenvalue weighted by Gasteiger charge is -2.13. The first-order valence-electron chi connectivity index (χ1n) is 5.76. The van der Waals surface area contributed by atoms with Crippen molar-refractivity contribution in [2.45, 2.75) is 12.5 Å². The van der Waals surface area contributed by atoms with Crippen LogP contribution in [-0.2, 0) is 14.3 Å². The number of carbonyl (C=O) groups excluding carboxylic acids is 2. The number of ether oxygens (including phenoxy) is 4. The molecule has 1 atom stereocenters. The molecule has 0 bridgehead atoms. The van der Waals surface area contributed by atoms with Gasteiger partial charge in [-0.05, 0) is 12.1 Å². The Morgan fingerprint density at radius 1 is 1.32 bits per heavy atom. The number of cyclic esters (lactones) is 1. The fourth-order valence-corrected chi connectivity index (χ4v) is 1.82. The van der Waals surface area contributed by atoms with Crippen molar-refractivity contribution in [3.8, 4) is 11.5 Å². The van der Waals surface area contributed by atoms with Crippen molar-refractivity contribution >= 4 is 11.9 Å². The highest BCUT2D eigenvalue weighted by Crippen LogP contribution is 2.31. The summed E-state index contributed by atoms with van der Waals surface area (Å²) < 4.78 is 20.1. The Morgan fingerprint density at radius 2 is 2.11 bits per heavy atom. The van der Waals surface area contributed by atoms with Crippen LogP contribution in [0.25, 0.3) is 0 Å². The Kier molecular flexibility index (Phi) is 3.89. The van der Waals surface area contributed by atoms with Gasteiger partial charge in [0.1, 0.15) is 5.56 Å². The lowest BCUT2D eigenvalue weighted by molar-refractivity contribution is -0.145. The third-order valence-electron chi connectivity index (χ3n) is 2.76. The molecule has 1 heterocycles. The molecule has 1 saturated heterocycles. The van der Waals surface area contributed by atoms with E-state index in [9.17, 15) is 9.59 Å². The quantitative estimate of drug-likeness (QED) is 0.762. The van der Waals surface area contributed by atoms with Crippen LogP contribution in [0.5, 0.6) is 11.5 Å².